The van der Waals surface area contributed by atoms with Gasteiger partial charge in [0.25, 0.3) is 5.91 Å². The lowest BCUT2D eigenvalue weighted by atomic mass is 9.96. The number of methoxy groups -OCH3 is 1. The Morgan fingerprint density at radius 1 is 1.08 bits per heavy atom. The minimum Gasteiger partial charge on any atom is -0.467 e. The van der Waals surface area contributed by atoms with Crippen molar-refractivity contribution >= 4 is 11.9 Å². The highest BCUT2D eigenvalue weighted by Crippen LogP contribution is 2.16. The molecule has 2 rings (SSSR count). The molecule has 2 aromatic rings. The highest BCUT2D eigenvalue weighted by atomic mass is 19.1. The molecule has 2 aromatic carbocycles. The first-order chi connectivity index (χ1) is 11.8. The van der Waals surface area contributed by atoms with E-state index in [9.17, 15) is 18.4 Å². The average molecular weight is 347 g/mol. The molecule has 1 amide bonds. The summed E-state index contributed by atoms with van der Waals surface area (Å²) in [6, 6.07) is 7.22. The molecular weight excluding hydrogens is 328 g/mol. The number of ether oxygens (including phenoxy) is 1. The normalized spacial score (nSPS) is 11.7. The zero-order valence-electron chi connectivity index (χ0n) is 14.2. The fraction of sp³-hybridized carbons (Fsp3) is 0.263. The van der Waals surface area contributed by atoms with E-state index < -0.39 is 29.6 Å². The molecule has 0 aliphatic rings. The van der Waals surface area contributed by atoms with Gasteiger partial charge in [0.2, 0.25) is 0 Å². The molecule has 1 atom stereocenters. The number of rotatable bonds is 5. The van der Waals surface area contributed by atoms with Gasteiger partial charge in [0.15, 0.2) is 0 Å². The average Bonchev–Trinajstić information content (AvgIpc) is 2.55. The summed E-state index contributed by atoms with van der Waals surface area (Å²) in [5.41, 5.74) is 2.65. The molecule has 0 aliphatic heterocycles. The number of hydrogen-bond acceptors (Lipinski definition) is 3. The van der Waals surface area contributed by atoms with E-state index in [-0.39, 0.29) is 12.0 Å². The first kappa shape index (κ1) is 18.6. The Kier molecular flexibility index (Phi) is 5.85. The van der Waals surface area contributed by atoms with Crippen molar-refractivity contribution in [2.24, 2.45) is 0 Å². The minimum absolute atomic E-state index is 0.201. The maximum atomic E-state index is 13.3. The zero-order valence-corrected chi connectivity index (χ0v) is 14.2. The lowest BCUT2D eigenvalue weighted by molar-refractivity contribution is -0.142. The summed E-state index contributed by atoms with van der Waals surface area (Å²) in [5.74, 6) is -3.11. The Morgan fingerprint density at radius 2 is 1.64 bits per heavy atom. The van der Waals surface area contributed by atoms with Crippen molar-refractivity contribution in [2.45, 2.75) is 26.3 Å². The Balaban J connectivity index is 2.26. The van der Waals surface area contributed by atoms with Crippen LogP contribution in [0.4, 0.5) is 8.78 Å². The van der Waals surface area contributed by atoms with Crippen molar-refractivity contribution < 1.29 is 23.1 Å². The van der Waals surface area contributed by atoms with Gasteiger partial charge >= 0.3 is 5.97 Å². The summed E-state index contributed by atoms with van der Waals surface area (Å²) in [4.78, 5) is 24.3. The van der Waals surface area contributed by atoms with Crippen molar-refractivity contribution in [3.05, 3.63) is 70.3 Å². The molecule has 1 N–H and O–H groups in total. The predicted molar refractivity (Wildman–Crippen MR) is 89.2 cm³/mol. The van der Waals surface area contributed by atoms with Gasteiger partial charge in [0, 0.05) is 18.1 Å². The summed E-state index contributed by atoms with van der Waals surface area (Å²) in [6.45, 7) is 3.81. The van der Waals surface area contributed by atoms with Crippen molar-refractivity contribution in [1.29, 1.82) is 0 Å². The molecule has 0 fully saturated rings. The molecule has 0 heterocycles. The van der Waals surface area contributed by atoms with Crippen LogP contribution in [0.5, 0.6) is 0 Å². The number of carbonyl (C=O) groups excluding carboxylic acids is 2. The van der Waals surface area contributed by atoms with Gasteiger partial charge < -0.3 is 10.1 Å². The number of nitrogens with one attached hydrogen (secondary N) is 1. The molecule has 0 aromatic heterocycles. The van der Waals surface area contributed by atoms with E-state index in [1.165, 1.54) is 7.11 Å². The second-order valence-electron chi connectivity index (χ2n) is 5.78. The van der Waals surface area contributed by atoms with Crippen LogP contribution < -0.4 is 5.32 Å². The van der Waals surface area contributed by atoms with E-state index >= 15 is 0 Å². The molecule has 0 saturated carbocycles. The molecule has 0 saturated heterocycles. The van der Waals surface area contributed by atoms with Gasteiger partial charge in [-0.1, -0.05) is 18.2 Å². The van der Waals surface area contributed by atoms with E-state index in [2.05, 4.69) is 5.32 Å². The van der Waals surface area contributed by atoms with Crippen molar-refractivity contribution in [3.63, 3.8) is 0 Å². The predicted octanol–water partition coefficient (Wildman–Crippen LogP) is 3.10. The van der Waals surface area contributed by atoms with Crippen LogP contribution in [0.1, 0.15) is 27.0 Å². The third kappa shape index (κ3) is 4.62. The van der Waals surface area contributed by atoms with Gasteiger partial charge in [-0.15, -0.1) is 0 Å². The van der Waals surface area contributed by atoms with Gasteiger partial charge in [-0.2, -0.15) is 0 Å². The fourth-order valence-corrected chi connectivity index (χ4v) is 2.64. The van der Waals surface area contributed by atoms with Gasteiger partial charge in [-0.25, -0.2) is 13.6 Å². The zero-order chi connectivity index (χ0) is 18.6. The number of hydrogen-bond donors (Lipinski definition) is 1. The van der Waals surface area contributed by atoms with Crippen LogP contribution in [0.15, 0.2) is 36.4 Å². The largest absolute Gasteiger partial charge is 0.467 e. The number of amides is 1. The first-order valence-electron chi connectivity index (χ1n) is 7.71. The van der Waals surface area contributed by atoms with Gasteiger partial charge in [0.1, 0.15) is 17.7 Å². The molecule has 132 valence electrons. The van der Waals surface area contributed by atoms with Crippen molar-refractivity contribution in [2.75, 3.05) is 7.11 Å². The number of carbonyl (C=O) groups is 2. The fourth-order valence-electron chi connectivity index (χ4n) is 2.64. The molecule has 0 aliphatic carbocycles. The van der Waals surface area contributed by atoms with Crippen LogP contribution in [0.3, 0.4) is 0 Å². The lowest BCUT2D eigenvalue weighted by Crippen LogP contribution is -2.43. The SMILES string of the molecule is COC(=O)[C@H](Cc1c(C)cccc1C)NC(=O)c1cc(F)cc(F)c1. The quantitative estimate of drug-likeness (QED) is 0.846. The molecule has 25 heavy (non-hydrogen) atoms. The lowest BCUT2D eigenvalue weighted by Gasteiger charge is -2.19. The van der Waals surface area contributed by atoms with Crippen LogP contribution in [-0.4, -0.2) is 25.0 Å². The van der Waals surface area contributed by atoms with Crippen LogP contribution in [0, 0.1) is 25.5 Å². The summed E-state index contributed by atoms with van der Waals surface area (Å²) in [5, 5.41) is 2.49. The maximum Gasteiger partial charge on any atom is 0.328 e. The number of aryl methyl sites for hydroxylation is 2. The van der Waals surface area contributed by atoms with E-state index in [0.29, 0.717) is 6.07 Å². The monoisotopic (exact) mass is 347 g/mol. The summed E-state index contributed by atoms with van der Waals surface area (Å²) in [6.07, 6.45) is 0.217. The van der Waals surface area contributed by atoms with Crippen LogP contribution in [0.2, 0.25) is 0 Å². The topological polar surface area (TPSA) is 55.4 Å². The van der Waals surface area contributed by atoms with Crippen LogP contribution >= 0.6 is 0 Å². The van der Waals surface area contributed by atoms with E-state index in [1.54, 1.807) is 0 Å². The number of halogens is 2. The summed E-state index contributed by atoms with van der Waals surface area (Å²) in [7, 11) is 1.22. The Morgan fingerprint density at radius 3 is 2.16 bits per heavy atom. The third-order valence-corrected chi connectivity index (χ3v) is 3.97. The van der Waals surface area contributed by atoms with Crippen LogP contribution in [-0.2, 0) is 16.0 Å². The molecule has 6 heteroatoms. The van der Waals surface area contributed by atoms with Crippen molar-refractivity contribution in [3.8, 4) is 0 Å². The second kappa shape index (κ2) is 7.88. The molecule has 0 spiro atoms. The highest BCUT2D eigenvalue weighted by molar-refractivity contribution is 5.96. The second-order valence-corrected chi connectivity index (χ2v) is 5.78. The van der Waals surface area contributed by atoms with Gasteiger partial charge in [-0.3, -0.25) is 4.79 Å². The molecule has 4 nitrogen and oxygen atoms in total. The standard InChI is InChI=1S/C19H19F2NO3/c1-11-5-4-6-12(2)16(11)10-17(19(24)25-3)22-18(23)13-7-14(20)9-15(21)8-13/h4-9,17H,10H2,1-3H3,(H,22,23)/t17-/m0/s1. The minimum atomic E-state index is -0.969. The van der Waals surface area contributed by atoms with Crippen molar-refractivity contribution in [1.82, 2.24) is 5.32 Å². The smallest absolute Gasteiger partial charge is 0.328 e. The maximum absolute atomic E-state index is 13.3. The van der Waals surface area contributed by atoms with E-state index in [4.69, 9.17) is 4.74 Å². The Labute approximate surface area is 144 Å². The highest BCUT2D eigenvalue weighted by Gasteiger charge is 2.24. The Hall–Kier alpha value is -2.76. The summed E-state index contributed by atoms with van der Waals surface area (Å²) >= 11 is 0. The third-order valence-electron chi connectivity index (χ3n) is 3.97. The van der Waals surface area contributed by atoms with Gasteiger partial charge in [-0.05, 0) is 42.7 Å². The first-order valence-corrected chi connectivity index (χ1v) is 7.71. The van der Waals surface area contributed by atoms with Gasteiger partial charge in [0.05, 0.1) is 7.11 Å². The van der Waals surface area contributed by atoms with Crippen LogP contribution in [0.25, 0.3) is 0 Å². The Bertz CT molecular complexity index is 765. The number of esters is 1. The molecule has 0 bridgehead atoms. The van der Waals surface area contributed by atoms with E-state index in [0.717, 1.165) is 28.8 Å². The molecular formula is C19H19F2NO3. The number of benzene rings is 2. The van der Waals surface area contributed by atoms with E-state index in [1.807, 2.05) is 32.0 Å². The summed E-state index contributed by atoms with van der Waals surface area (Å²) < 4.78 is 31.3. The molecule has 0 radical (unpaired) electrons. The molecule has 0 unspecified atom stereocenters.